The molecule has 29 heavy (non-hydrogen) atoms. The normalized spacial score (nSPS) is 11.2. The Morgan fingerprint density at radius 1 is 0.862 bits per heavy atom. The summed E-state index contributed by atoms with van der Waals surface area (Å²) in [5.41, 5.74) is 4.54. The number of amides is 1. The van der Waals surface area contributed by atoms with E-state index in [0.29, 0.717) is 16.9 Å². The molecule has 1 amide bonds. The fraction of sp³-hybridized carbons (Fsp3) is 0.136. The van der Waals surface area contributed by atoms with E-state index in [9.17, 15) is 13.2 Å². The Morgan fingerprint density at radius 2 is 1.48 bits per heavy atom. The van der Waals surface area contributed by atoms with Crippen molar-refractivity contribution < 1.29 is 13.2 Å². The van der Waals surface area contributed by atoms with Gasteiger partial charge in [0, 0.05) is 9.26 Å². The first kappa shape index (κ1) is 21.3. The number of carbonyl (C=O) groups excluding carboxylic acids is 1. The topological polar surface area (TPSA) is 75.3 Å². The Labute approximate surface area is 184 Å². The molecule has 150 valence electrons. The maximum Gasteiger partial charge on any atom is 0.261 e. The van der Waals surface area contributed by atoms with Crippen LogP contribution in [-0.4, -0.2) is 14.3 Å². The highest BCUT2D eigenvalue weighted by molar-refractivity contribution is 14.1. The van der Waals surface area contributed by atoms with Crippen LogP contribution in [0.3, 0.4) is 0 Å². The first-order valence-corrected chi connectivity index (χ1v) is 11.5. The van der Waals surface area contributed by atoms with Crippen LogP contribution in [0.2, 0.25) is 0 Å². The third-order valence-corrected chi connectivity index (χ3v) is 6.70. The predicted molar refractivity (Wildman–Crippen MR) is 125 cm³/mol. The van der Waals surface area contributed by atoms with E-state index in [1.807, 2.05) is 45.0 Å². The van der Waals surface area contributed by atoms with Crippen LogP contribution < -0.4 is 10.0 Å². The third-order valence-electron chi connectivity index (χ3n) is 4.43. The molecule has 0 aliphatic rings. The molecule has 0 aliphatic heterocycles. The average molecular weight is 520 g/mol. The average Bonchev–Trinajstić information content (AvgIpc) is 2.65. The van der Waals surface area contributed by atoms with E-state index < -0.39 is 10.0 Å². The lowest BCUT2D eigenvalue weighted by atomic mass is 10.1. The van der Waals surface area contributed by atoms with Crippen LogP contribution in [0.25, 0.3) is 0 Å². The van der Waals surface area contributed by atoms with Crippen molar-refractivity contribution in [3.8, 4) is 0 Å². The molecule has 2 N–H and O–H groups in total. The summed E-state index contributed by atoms with van der Waals surface area (Å²) in [4.78, 5) is 12.6. The number of nitrogens with one attached hydrogen (secondary N) is 2. The standard InChI is InChI=1S/C22H21IN2O3S/c1-14-5-11-19(20(23)12-14)22(26)24-17-7-9-18(10-8-17)29(27,28)25-21-13-15(2)4-6-16(21)3/h4-13,25H,1-3H3,(H,24,26). The van der Waals surface area contributed by atoms with E-state index in [0.717, 1.165) is 20.3 Å². The Kier molecular flexibility index (Phi) is 6.28. The molecule has 0 saturated carbocycles. The minimum atomic E-state index is -3.73. The van der Waals surface area contributed by atoms with Crippen molar-refractivity contribution in [1.29, 1.82) is 0 Å². The molecule has 5 nitrogen and oxygen atoms in total. The number of halogens is 1. The van der Waals surface area contributed by atoms with Crippen LogP contribution >= 0.6 is 22.6 Å². The van der Waals surface area contributed by atoms with Gasteiger partial charge in [0.1, 0.15) is 0 Å². The molecule has 0 atom stereocenters. The summed E-state index contributed by atoms with van der Waals surface area (Å²) >= 11 is 2.13. The van der Waals surface area contributed by atoms with Crippen LogP contribution in [0.5, 0.6) is 0 Å². The zero-order chi connectivity index (χ0) is 21.2. The highest BCUT2D eigenvalue weighted by Gasteiger charge is 2.16. The van der Waals surface area contributed by atoms with Gasteiger partial charge < -0.3 is 5.32 Å². The fourth-order valence-electron chi connectivity index (χ4n) is 2.77. The highest BCUT2D eigenvalue weighted by atomic mass is 127. The zero-order valence-corrected chi connectivity index (χ0v) is 19.3. The van der Waals surface area contributed by atoms with Crippen molar-refractivity contribution in [2.45, 2.75) is 25.7 Å². The summed E-state index contributed by atoms with van der Waals surface area (Å²) in [6.07, 6.45) is 0. The second-order valence-corrected chi connectivity index (χ2v) is 9.73. The van der Waals surface area contributed by atoms with Crippen molar-refractivity contribution in [3.05, 3.63) is 86.5 Å². The van der Waals surface area contributed by atoms with Gasteiger partial charge in [-0.25, -0.2) is 8.42 Å². The molecule has 0 heterocycles. The first-order valence-electron chi connectivity index (χ1n) is 8.93. The minimum absolute atomic E-state index is 0.126. The number of anilines is 2. The minimum Gasteiger partial charge on any atom is -0.322 e. The molecule has 3 aromatic rings. The van der Waals surface area contributed by atoms with Crippen molar-refractivity contribution >= 4 is 49.9 Å². The Bertz CT molecular complexity index is 1170. The van der Waals surface area contributed by atoms with Gasteiger partial charge in [-0.1, -0.05) is 23.8 Å². The molecule has 0 bridgehead atoms. The number of rotatable bonds is 5. The smallest absolute Gasteiger partial charge is 0.261 e. The molecule has 0 aliphatic carbocycles. The van der Waals surface area contributed by atoms with Gasteiger partial charge in [-0.15, -0.1) is 0 Å². The van der Waals surface area contributed by atoms with Crippen LogP contribution in [-0.2, 0) is 10.0 Å². The van der Waals surface area contributed by atoms with Gasteiger partial charge in [0.15, 0.2) is 0 Å². The van der Waals surface area contributed by atoms with E-state index in [4.69, 9.17) is 0 Å². The number of benzene rings is 3. The van der Waals surface area contributed by atoms with Crippen molar-refractivity contribution in [2.75, 3.05) is 10.0 Å². The number of sulfonamides is 1. The van der Waals surface area contributed by atoms with Gasteiger partial charge in [-0.2, -0.15) is 0 Å². The molecule has 0 aromatic heterocycles. The fourth-order valence-corrected chi connectivity index (χ4v) is 4.81. The van der Waals surface area contributed by atoms with Gasteiger partial charge in [0.05, 0.1) is 16.1 Å². The number of hydrogen-bond donors (Lipinski definition) is 2. The van der Waals surface area contributed by atoms with Crippen molar-refractivity contribution in [2.24, 2.45) is 0 Å². The second kappa shape index (κ2) is 8.54. The van der Waals surface area contributed by atoms with Crippen molar-refractivity contribution in [3.63, 3.8) is 0 Å². The quantitative estimate of drug-likeness (QED) is 0.451. The van der Waals surface area contributed by atoms with Gasteiger partial charge in [0.2, 0.25) is 0 Å². The SMILES string of the molecule is Cc1ccc(C(=O)Nc2ccc(S(=O)(=O)Nc3cc(C)ccc3C)cc2)c(I)c1. The lowest BCUT2D eigenvalue weighted by Crippen LogP contribution is -2.15. The van der Waals surface area contributed by atoms with Gasteiger partial charge in [-0.05, 0) is 97.0 Å². The summed E-state index contributed by atoms with van der Waals surface area (Å²) < 4.78 is 28.9. The summed E-state index contributed by atoms with van der Waals surface area (Å²) in [7, 11) is -3.73. The molecular weight excluding hydrogens is 499 g/mol. The van der Waals surface area contributed by atoms with Crippen LogP contribution in [0.15, 0.2) is 65.6 Å². The molecular formula is C22H21IN2O3S. The lowest BCUT2D eigenvalue weighted by Gasteiger charge is -2.12. The third kappa shape index (κ3) is 5.16. The monoisotopic (exact) mass is 520 g/mol. The molecule has 0 spiro atoms. The van der Waals surface area contributed by atoms with E-state index in [-0.39, 0.29) is 10.8 Å². The van der Waals surface area contributed by atoms with Crippen LogP contribution in [0.4, 0.5) is 11.4 Å². The van der Waals surface area contributed by atoms with Crippen LogP contribution in [0.1, 0.15) is 27.0 Å². The summed E-state index contributed by atoms with van der Waals surface area (Å²) in [5.74, 6) is -0.237. The summed E-state index contributed by atoms with van der Waals surface area (Å²) in [6, 6.07) is 17.3. The summed E-state index contributed by atoms with van der Waals surface area (Å²) in [6.45, 7) is 5.72. The van der Waals surface area contributed by atoms with Gasteiger partial charge in [-0.3, -0.25) is 9.52 Å². The predicted octanol–water partition coefficient (Wildman–Crippen LogP) is 5.27. The van der Waals surface area contributed by atoms with Crippen molar-refractivity contribution in [1.82, 2.24) is 0 Å². The Hall–Kier alpha value is -2.39. The molecule has 0 fully saturated rings. The van der Waals surface area contributed by atoms with Gasteiger partial charge in [0.25, 0.3) is 15.9 Å². The molecule has 0 radical (unpaired) electrons. The number of aryl methyl sites for hydroxylation is 3. The van der Waals surface area contributed by atoms with E-state index in [1.165, 1.54) is 12.1 Å². The maximum atomic E-state index is 12.7. The second-order valence-electron chi connectivity index (χ2n) is 6.89. The lowest BCUT2D eigenvalue weighted by molar-refractivity contribution is 0.102. The van der Waals surface area contributed by atoms with E-state index in [2.05, 4.69) is 32.6 Å². The largest absolute Gasteiger partial charge is 0.322 e. The molecule has 3 aromatic carbocycles. The highest BCUT2D eigenvalue weighted by Crippen LogP contribution is 2.23. The Morgan fingerprint density at radius 3 is 2.14 bits per heavy atom. The maximum absolute atomic E-state index is 12.7. The molecule has 3 rings (SSSR count). The number of carbonyl (C=O) groups is 1. The molecule has 7 heteroatoms. The molecule has 0 unspecified atom stereocenters. The van der Waals surface area contributed by atoms with E-state index >= 15 is 0 Å². The summed E-state index contributed by atoms with van der Waals surface area (Å²) in [5, 5.41) is 2.80. The van der Waals surface area contributed by atoms with E-state index in [1.54, 1.807) is 24.3 Å². The number of hydrogen-bond acceptors (Lipinski definition) is 3. The molecule has 0 saturated heterocycles. The van der Waals surface area contributed by atoms with Crippen LogP contribution in [0, 0.1) is 24.3 Å². The first-order chi connectivity index (χ1) is 13.7. The van der Waals surface area contributed by atoms with Gasteiger partial charge >= 0.3 is 0 Å². The Balaban J connectivity index is 1.77. The zero-order valence-electron chi connectivity index (χ0n) is 16.3.